The van der Waals surface area contributed by atoms with Gasteiger partial charge in [-0.05, 0) is 23.6 Å². The van der Waals surface area contributed by atoms with Gasteiger partial charge in [0.05, 0.1) is 6.61 Å². The average Bonchev–Trinajstić information content (AvgIpc) is 2.46. The van der Waals surface area contributed by atoms with Crippen molar-refractivity contribution in [2.75, 3.05) is 0 Å². The topological polar surface area (TPSA) is 46.5 Å². The quantitative estimate of drug-likeness (QED) is 0.876. The fourth-order valence-corrected chi connectivity index (χ4v) is 2.03. The van der Waals surface area contributed by atoms with Crippen LogP contribution in [0.1, 0.15) is 16.7 Å². The molecule has 3 heteroatoms. The normalized spacial score (nSPS) is 12.1. The highest BCUT2D eigenvalue weighted by atomic mass is 16.5. The molecule has 1 N–H and O–H groups in total. The molecule has 2 rings (SSSR count). The minimum absolute atomic E-state index is 0.309. The Morgan fingerprint density at radius 1 is 1.10 bits per heavy atom. The van der Waals surface area contributed by atoms with Crippen LogP contribution in [0.15, 0.2) is 54.6 Å². The van der Waals surface area contributed by atoms with E-state index in [9.17, 15) is 9.90 Å². The Balaban J connectivity index is 2.01. The van der Waals surface area contributed by atoms with Crippen molar-refractivity contribution in [1.82, 2.24) is 0 Å². The van der Waals surface area contributed by atoms with E-state index in [1.807, 2.05) is 61.5 Å². The molecule has 0 bridgehead atoms. The number of aliphatic carboxylic acids is 1. The van der Waals surface area contributed by atoms with Crippen molar-refractivity contribution < 1.29 is 14.6 Å². The lowest BCUT2D eigenvalue weighted by atomic mass is 10.0. The Labute approximate surface area is 118 Å². The summed E-state index contributed by atoms with van der Waals surface area (Å²) in [6.45, 7) is 2.29. The van der Waals surface area contributed by atoms with Gasteiger partial charge in [0.2, 0.25) is 0 Å². The largest absolute Gasteiger partial charge is 0.479 e. The maximum absolute atomic E-state index is 11.3. The van der Waals surface area contributed by atoms with Gasteiger partial charge in [0, 0.05) is 6.42 Å². The third kappa shape index (κ3) is 3.93. The predicted octanol–water partition coefficient (Wildman–Crippen LogP) is 3.21. The summed E-state index contributed by atoms with van der Waals surface area (Å²) in [5.74, 6) is -0.927. The monoisotopic (exact) mass is 270 g/mol. The summed E-state index contributed by atoms with van der Waals surface area (Å²) in [7, 11) is 0. The predicted molar refractivity (Wildman–Crippen MR) is 77.5 cm³/mol. The standard InChI is InChI=1S/C17H18O3/c1-13-7-5-6-10-15(13)11-16(17(18)19)20-12-14-8-3-2-4-9-14/h2-10,16H,11-12H2,1H3,(H,18,19)/t16-/m1/s1. The highest BCUT2D eigenvalue weighted by Gasteiger charge is 2.19. The van der Waals surface area contributed by atoms with Gasteiger partial charge in [-0.15, -0.1) is 0 Å². The van der Waals surface area contributed by atoms with Crippen LogP contribution in [0.3, 0.4) is 0 Å². The molecule has 0 aliphatic heterocycles. The molecule has 0 unspecified atom stereocenters. The average molecular weight is 270 g/mol. The molecule has 0 aliphatic rings. The maximum Gasteiger partial charge on any atom is 0.333 e. The van der Waals surface area contributed by atoms with Gasteiger partial charge in [-0.3, -0.25) is 0 Å². The molecule has 20 heavy (non-hydrogen) atoms. The number of rotatable bonds is 6. The van der Waals surface area contributed by atoms with Crippen molar-refractivity contribution in [2.45, 2.75) is 26.1 Å². The fourth-order valence-electron chi connectivity index (χ4n) is 2.03. The molecule has 0 fully saturated rings. The number of aryl methyl sites for hydroxylation is 1. The summed E-state index contributed by atoms with van der Waals surface area (Å²) >= 11 is 0. The van der Waals surface area contributed by atoms with Gasteiger partial charge < -0.3 is 9.84 Å². The van der Waals surface area contributed by atoms with E-state index < -0.39 is 12.1 Å². The van der Waals surface area contributed by atoms with Crippen molar-refractivity contribution in [3.8, 4) is 0 Å². The molecule has 0 saturated heterocycles. The van der Waals surface area contributed by atoms with Crippen LogP contribution in [-0.4, -0.2) is 17.2 Å². The van der Waals surface area contributed by atoms with E-state index >= 15 is 0 Å². The van der Waals surface area contributed by atoms with Gasteiger partial charge in [-0.1, -0.05) is 54.6 Å². The lowest BCUT2D eigenvalue weighted by Gasteiger charge is -2.15. The molecular weight excluding hydrogens is 252 g/mol. The van der Waals surface area contributed by atoms with Crippen molar-refractivity contribution in [3.63, 3.8) is 0 Å². The van der Waals surface area contributed by atoms with Crippen LogP contribution in [0.25, 0.3) is 0 Å². The summed E-state index contributed by atoms with van der Waals surface area (Å²) < 4.78 is 5.55. The van der Waals surface area contributed by atoms with Crippen LogP contribution >= 0.6 is 0 Å². The van der Waals surface area contributed by atoms with Crippen LogP contribution in [0, 0.1) is 6.92 Å². The number of carboxylic acids is 1. The fraction of sp³-hybridized carbons (Fsp3) is 0.235. The van der Waals surface area contributed by atoms with E-state index in [-0.39, 0.29) is 0 Å². The number of benzene rings is 2. The van der Waals surface area contributed by atoms with Gasteiger partial charge in [-0.2, -0.15) is 0 Å². The molecule has 1 atom stereocenters. The second-order valence-electron chi connectivity index (χ2n) is 4.75. The third-order valence-corrected chi connectivity index (χ3v) is 3.24. The third-order valence-electron chi connectivity index (χ3n) is 3.24. The highest BCUT2D eigenvalue weighted by molar-refractivity contribution is 5.72. The minimum Gasteiger partial charge on any atom is -0.479 e. The van der Waals surface area contributed by atoms with Crippen LogP contribution in [-0.2, 0) is 22.6 Å². The van der Waals surface area contributed by atoms with E-state index in [0.29, 0.717) is 13.0 Å². The number of carbonyl (C=O) groups is 1. The van der Waals surface area contributed by atoms with E-state index in [1.54, 1.807) is 0 Å². The van der Waals surface area contributed by atoms with E-state index in [0.717, 1.165) is 16.7 Å². The number of hydrogen-bond acceptors (Lipinski definition) is 2. The van der Waals surface area contributed by atoms with Gasteiger partial charge in [-0.25, -0.2) is 4.79 Å². The number of carboxylic acid groups (broad SMARTS) is 1. The lowest BCUT2D eigenvalue weighted by Crippen LogP contribution is -2.26. The summed E-state index contributed by atoms with van der Waals surface area (Å²) in [6, 6.07) is 17.4. The second kappa shape index (κ2) is 6.87. The highest BCUT2D eigenvalue weighted by Crippen LogP contribution is 2.13. The molecule has 104 valence electrons. The zero-order chi connectivity index (χ0) is 14.4. The van der Waals surface area contributed by atoms with Gasteiger partial charge in [0.25, 0.3) is 0 Å². The molecule has 0 amide bonds. The Bertz CT molecular complexity index is 563. The molecule has 3 nitrogen and oxygen atoms in total. The molecule has 0 heterocycles. The molecule has 0 spiro atoms. The first-order chi connectivity index (χ1) is 9.66. The van der Waals surface area contributed by atoms with Crippen LogP contribution in [0.2, 0.25) is 0 Å². The SMILES string of the molecule is Cc1ccccc1C[C@@H](OCc1ccccc1)C(=O)O. The zero-order valence-corrected chi connectivity index (χ0v) is 11.5. The van der Waals surface area contributed by atoms with E-state index in [1.165, 1.54) is 0 Å². The summed E-state index contributed by atoms with van der Waals surface area (Å²) in [5.41, 5.74) is 3.07. The number of hydrogen-bond donors (Lipinski definition) is 1. The maximum atomic E-state index is 11.3. The van der Waals surface area contributed by atoms with Crippen LogP contribution in [0.5, 0.6) is 0 Å². The molecule has 0 aromatic heterocycles. The number of ether oxygens (including phenoxy) is 1. The summed E-state index contributed by atoms with van der Waals surface area (Å²) in [5, 5.41) is 9.28. The van der Waals surface area contributed by atoms with Crippen molar-refractivity contribution in [3.05, 3.63) is 71.3 Å². The van der Waals surface area contributed by atoms with Crippen molar-refractivity contribution in [1.29, 1.82) is 0 Å². The second-order valence-corrected chi connectivity index (χ2v) is 4.75. The van der Waals surface area contributed by atoms with Crippen molar-refractivity contribution >= 4 is 5.97 Å². The van der Waals surface area contributed by atoms with E-state index in [2.05, 4.69) is 0 Å². The Morgan fingerprint density at radius 3 is 2.40 bits per heavy atom. The minimum atomic E-state index is -0.927. The van der Waals surface area contributed by atoms with Gasteiger partial charge in [0.15, 0.2) is 6.10 Å². The smallest absolute Gasteiger partial charge is 0.333 e. The molecular formula is C17H18O3. The Kier molecular flexibility index (Phi) is 4.91. The molecule has 2 aromatic carbocycles. The molecule has 0 saturated carbocycles. The van der Waals surface area contributed by atoms with E-state index in [4.69, 9.17) is 4.74 Å². The first-order valence-electron chi connectivity index (χ1n) is 6.59. The molecule has 0 aliphatic carbocycles. The first kappa shape index (κ1) is 14.3. The van der Waals surface area contributed by atoms with Crippen molar-refractivity contribution in [2.24, 2.45) is 0 Å². The van der Waals surface area contributed by atoms with Gasteiger partial charge in [0.1, 0.15) is 0 Å². The zero-order valence-electron chi connectivity index (χ0n) is 11.5. The van der Waals surface area contributed by atoms with Crippen LogP contribution in [0.4, 0.5) is 0 Å². The Hall–Kier alpha value is -2.13. The molecule has 2 aromatic rings. The van der Waals surface area contributed by atoms with Crippen LogP contribution < -0.4 is 0 Å². The summed E-state index contributed by atoms with van der Waals surface area (Å²) in [4.78, 5) is 11.3. The van der Waals surface area contributed by atoms with Gasteiger partial charge >= 0.3 is 5.97 Å². The first-order valence-corrected chi connectivity index (χ1v) is 6.59. The molecule has 0 radical (unpaired) electrons. The summed E-state index contributed by atoms with van der Waals surface area (Å²) in [6.07, 6.45) is -0.439. The Morgan fingerprint density at radius 2 is 1.75 bits per heavy atom. The lowest BCUT2D eigenvalue weighted by molar-refractivity contribution is -0.151.